The molecule has 0 aromatic rings. The monoisotopic (exact) mass is 607 g/mol. The van der Waals surface area contributed by atoms with Crippen LogP contribution in [0.4, 0.5) is 0 Å². The van der Waals surface area contributed by atoms with Crippen LogP contribution in [0.1, 0.15) is 54.4 Å². The van der Waals surface area contributed by atoms with Crippen molar-refractivity contribution in [2.45, 2.75) is 84.2 Å². The molecule has 0 radical (unpaired) electrons. The average Bonchev–Trinajstić information content (AvgIpc) is 2.68. The van der Waals surface area contributed by atoms with E-state index >= 15 is 0 Å². The molecule has 37 heavy (non-hydrogen) atoms. The van der Waals surface area contributed by atoms with Gasteiger partial charge in [0.2, 0.25) is 0 Å². The van der Waals surface area contributed by atoms with E-state index in [1.165, 1.54) is 13.8 Å². The fourth-order valence-corrected chi connectivity index (χ4v) is 5.10. The Balaban J connectivity index is 0.00000684. The second-order valence-electron chi connectivity index (χ2n) is 9.51. The third-order valence-electron chi connectivity index (χ3n) is 5.54. The van der Waals surface area contributed by atoms with Crippen molar-refractivity contribution in [1.29, 1.82) is 5.41 Å². The molecule has 2 rings (SSSR count). The highest BCUT2D eigenvalue weighted by atomic mass is 79.9. The fraction of sp³-hybridized carbons (Fsp3) is 0.652. The van der Waals surface area contributed by atoms with Crippen LogP contribution >= 0.6 is 28.7 Å². The fourth-order valence-electron chi connectivity index (χ4n) is 4.29. The van der Waals surface area contributed by atoms with Gasteiger partial charge in [0.15, 0.2) is 28.9 Å². The maximum Gasteiger partial charge on any atom is 0.303 e. The summed E-state index contributed by atoms with van der Waals surface area (Å²) in [7, 11) is 0. The lowest BCUT2D eigenvalue weighted by atomic mass is 9.73. The minimum atomic E-state index is -1.22. The molecule has 0 unspecified atom stereocenters. The number of Topliss-reactive ketones (excluding diaryl/α,β-unsaturated/α-hetero) is 2. The molecule has 0 spiro atoms. The molecule has 1 aliphatic carbocycles. The normalized spacial score (nSPS) is 26.9. The molecule has 0 aromatic carbocycles. The van der Waals surface area contributed by atoms with Crippen LogP contribution in [-0.4, -0.2) is 71.0 Å². The highest BCUT2D eigenvalue weighted by Crippen LogP contribution is 2.36. The number of ketones is 2. The number of halogens is 1. The van der Waals surface area contributed by atoms with Crippen molar-refractivity contribution in [1.82, 2.24) is 5.32 Å². The Kier molecular flexibility index (Phi) is 11.8. The van der Waals surface area contributed by atoms with E-state index in [9.17, 15) is 24.0 Å². The zero-order chi connectivity index (χ0) is 27.4. The van der Waals surface area contributed by atoms with Crippen molar-refractivity contribution in [3.05, 3.63) is 11.3 Å². The largest absolute Gasteiger partial charge is 0.463 e. The highest BCUT2D eigenvalue weighted by molar-refractivity contribution is 8.93. The summed E-state index contributed by atoms with van der Waals surface area (Å²) < 4.78 is 22.0. The van der Waals surface area contributed by atoms with Crippen LogP contribution in [0.25, 0.3) is 0 Å². The van der Waals surface area contributed by atoms with Gasteiger partial charge in [-0.05, 0) is 12.3 Å². The summed E-state index contributed by atoms with van der Waals surface area (Å²) in [6.45, 7) is 8.37. The van der Waals surface area contributed by atoms with Crippen LogP contribution < -0.4 is 11.1 Å². The van der Waals surface area contributed by atoms with Gasteiger partial charge in [0.05, 0.1) is 5.57 Å². The standard InChI is InChI=1S/C23H33N3O9S.BrH/c1-10(17-14(30)7-23(5,6)8-15(17)31)26-18-20(34-13(4)29)19(33-12(3)28)16(9-32-11(2)27)35-21(18)36-22(24)25;/h16,18-21,26H,7-9H2,1-6H3,(H3,24,25);1H/t16-,18-,19-,20-,21+;/m1./s1. The Labute approximate surface area is 230 Å². The first kappa shape index (κ1) is 32.6. The van der Waals surface area contributed by atoms with E-state index in [0.29, 0.717) is 0 Å². The zero-order valence-electron chi connectivity index (χ0n) is 21.6. The van der Waals surface area contributed by atoms with Gasteiger partial charge in [-0.15, -0.1) is 17.0 Å². The molecule has 208 valence electrons. The summed E-state index contributed by atoms with van der Waals surface area (Å²) in [6, 6.07) is -1.01. The number of nitrogens with two attached hydrogens (primary N) is 1. The van der Waals surface area contributed by atoms with Gasteiger partial charge in [0.1, 0.15) is 24.2 Å². The number of allylic oxidation sites excluding steroid dienone is 2. The lowest BCUT2D eigenvalue weighted by Gasteiger charge is -2.45. The molecule has 12 nitrogen and oxygen atoms in total. The van der Waals surface area contributed by atoms with E-state index in [2.05, 4.69) is 5.32 Å². The Morgan fingerprint density at radius 3 is 2.00 bits per heavy atom. The Hall–Kier alpha value is -2.45. The van der Waals surface area contributed by atoms with Gasteiger partial charge >= 0.3 is 17.9 Å². The predicted molar refractivity (Wildman–Crippen MR) is 139 cm³/mol. The second-order valence-corrected chi connectivity index (χ2v) is 10.7. The summed E-state index contributed by atoms with van der Waals surface area (Å²) in [6.07, 6.45) is -3.15. The van der Waals surface area contributed by atoms with Gasteiger partial charge in [-0.2, -0.15) is 0 Å². The van der Waals surface area contributed by atoms with Crippen molar-refractivity contribution in [2.24, 2.45) is 11.1 Å². The van der Waals surface area contributed by atoms with Crippen molar-refractivity contribution < 1.29 is 42.9 Å². The molecule has 0 amide bonds. The Bertz CT molecular complexity index is 963. The first-order valence-corrected chi connectivity index (χ1v) is 12.2. The van der Waals surface area contributed by atoms with E-state index in [1.807, 2.05) is 13.8 Å². The van der Waals surface area contributed by atoms with E-state index in [1.54, 1.807) is 0 Å². The summed E-state index contributed by atoms with van der Waals surface area (Å²) in [5.74, 6) is -2.69. The van der Waals surface area contributed by atoms with Crippen molar-refractivity contribution >= 4 is 63.4 Å². The molecule has 1 heterocycles. The van der Waals surface area contributed by atoms with Crippen LogP contribution in [0.15, 0.2) is 11.3 Å². The maximum atomic E-state index is 12.8. The number of nitrogens with one attached hydrogen (secondary N) is 2. The van der Waals surface area contributed by atoms with Crippen LogP contribution in [0, 0.1) is 10.8 Å². The molecule has 1 aliphatic heterocycles. The molecule has 5 atom stereocenters. The molecule has 2 aliphatic rings. The van der Waals surface area contributed by atoms with Crippen molar-refractivity contribution in [3.63, 3.8) is 0 Å². The van der Waals surface area contributed by atoms with E-state index < -0.39 is 53.1 Å². The third kappa shape index (κ3) is 9.11. The number of carbonyl (C=O) groups is 5. The van der Waals surface area contributed by atoms with Gasteiger partial charge in [-0.1, -0.05) is 25.6 Å². The molecular formula is C23H34BrN3O9S. The van der Waals surface area contributed by atoms with Gasteiger partial charge in [-0.3, -0.25) is 29.4 Å². The first-order valence-electron chi connectivity index (χ1n) is 11.3. The topological polar surface area (TPSA) is 184 Å². The van der Waals surface area contributed by atoms with Crippen LogP contribution in [0.5, 0.6) is 0 Å². The van der Waals surface area contributed by atoms with Crippen LogP contribution in [-0.2, 0) is 42.9 Å². The number of thioether (sulfide) groups is 1. The smallest absolute Gasteiger partial charge is 0.303 e. The van der Waals surface area contributed by atoms with Crippen molar-refractivity contribution in [3.8, 4) is 0 Å². The molecule has 2 fully saturated rings. The van der Waals surface area contributed by atoms with Crippen molar-refractivity contribution in [2.75, 3.05) is 6.61 Å². The number of amidine groups is 1. The first-order chi connectivity index (χ1) is 16.6. The summed E-state index contributed by atoms with van der Waals surface area (Å²) in [4.78, 5) is 61.0. The molecule has 1 saturated carbocycles. The SMILES string of the molecule is Br.CC(=O)OC[C@H]1O[C@@H](SC(=N)N)[C@H](NC(C)=C2C(=O)CC(C)(C)CC2=O)[C@@H](OC(C)=O)[C@@H]1OC(C)=O. The number of hydrogen-bond acceptors (Lipinski definition) is 12. The number of esters is 3. The lowest BCUT2D eigenvalue weighted by Crippen LogP contribution is -2.64. The maximum absolute atomic E-state index is 12.8. The number of hydrogen-bond donors (Lipinski definition) is 3. The molecule has 1 saturated heterocycles. The van der Waals surface area contributed by atoms with E-state index in [0.717, 1.165) is 25.6 Å². The second kappa shape index (κ2) is 13.4. The molecule has 4 N–H and O–H groups in total. The van der Waals surface area contributed by atoms with E-state index in [-0.39, 0.29) is 64.4 Å². The van der Waals surface area contributed by atoms with Gasteiger partial charge in [0.25, 0.3) is 0 Å². The lowest BCUT2D eigenvalue weighted by molar-refractivity contribution is -0.211. The molecule has 14 heteroatoms. The van der Waals surface area contributed by atoms with Gasteiger partial charge in [0, 0.05) is 39.3 Å². The quantitative estimate of drug-likeness (QED) is 0.0947. The minimum Gasteiger partial charge on any atom is -0.463 e. The summed E-state index contributed by atoms with van der Waals surface area (Å²) in [5, 5.41) is 10.5. The Morgan fingerprint density at radius 2 is 1.54 bits per heavy atom. The Morgan fingerprint density at radius 1 is 1.03 bits per heavy atom. The van der Waals surface area contributed by atoms with E-state index in [4.69, 9.17) is 30.1 Å². The predicted octanol–water partition coefficient (Wildman–Crippen LogP) is 1.53. The van der Waals surface area contributed by atoms with Crippen LogP contribution in [0.3, 0.4) is 0 Å². The average molecular weight is 609 g/mol. The molecule has 0 bridgehead atoms. The number of carbonyl (C=O) groups excluding carboxylic acids is 5. The summed E-state index contributed by atoms with van der Waals surface area (Å²) in [5.41, 5.74) is 4.34. The van der Waals surface area contributed by atoms with Gasteiger partial charge in [-0.25, -0.2) is 0 Å². The minimum absolute atomic E-state index is 0. The van der Waals surface area contributed by atoms with Crippen LogP contribution in [0.2, 0.25) is 0 Å². The molecular weight excluding hydrogens is 574 g/mol. The van der Waals surface area contributed by atoms with Gasteiger partial charge < -0.3 is 30.0 Å². The highest BCUT2D eigenvalue weighted by Gasteiger charge is 2.51. The summed E-state index contributed by atoms with van der Waals surface area (Å²) >= 11 is 0.775. The number of rotatable bonds is 7. The third-order valence-corrected chi connectivity index (χ3v) is 6.43. The number of ether oxygens (including phenoxy) is 4. The zero-order valence-corrected chi connectivity index (χ0v) is 24.1. The molecule has 0 aromatic heterocycles.